The summed E-state index contributed by atoms with van der Waals surface area (Å²) in [6.07, 6.45) is 1.33. The summed E-state index contributed by atoms with van der Waals surface area (Å²) < 4.78 is 0. The van der Waals surface area contributed by atoms with Crippen LogP contribution in [-0.4, -0.2) is 11.4 Å². The molecule has 1 N–H and O–H groups in total. The lowest BCUT2D eigenvalue weighted by Crippen LogP contribution is -1.78. The molecule has 0 saturated carbocycles. The highest BCUT2D eigenvalue weighted by atomic mass is 35.5. The summed E-state index contributed by atoms with van der Waals surface area (Å²) >= 11 is 5.64. The van der Waals surface area contributed by atoms with Crippen LogP contribution in [-0.2, 0) is 0 Å². The fourth-order valence-electron chi connectivity index (χ4n) is 0.654. The third kappa shape index (κ3) is 1.74. The first-order valence-electron chi connectivity index (χ1n) is 2.76. The highest BCUT2D eigenvalue weighted by molar-refractivity contribution is 6.30. The standard InChI is InChI=1S/C7H6ClNO/c8-7-3-1-2-6(4-7)5-9-10/h1-5,10H/b9-5+. The van der Waals surface area contributed by atoms with E-state index in [1.807, 2.05) is 0 Å². The van der Waals surface area contributed by atoms with Crippen molar-refractivity contribution in [2.24, 2.45) is 5.16 Å². The normalized spacial score (nSPS) is 10.5. The Hall–Kier alpha value is -1.02. The predicted molar refractivity (Wildman–Crippen MR) is 40.8 cm³/mol. The van der Waals surface area contributed by atoms with Crippen molar-refractivity contribution in [3.63, 3.8) is 0 Å². The lowest BCUT2D eigenvalue weighted by atomic mass is 10.2. The van der Waals surface area contributed by atoms with Crippen LogP contribution in [0.1, 0.15) is 5.56 Å². The fourth-order valence-corrected chi connectivity index (χ4v) is 0.852. The minimum absolute atomic E-state index is 0.636. The van der Waals surface area contributed by atoms with Gasteiger partial charge >= 0.3 is 0 Å². The Morgan fingerprint density at radius 1 is 1.50 bits per heavy atom. The van der Waals surface area contributed by atoms with Crippen molar-refractivity contribution in [2.75, 3.05) is 0 Å². The molecular weight excluding hydrogens is 150 g/mol. The SMILES string of the molecule is O/N=C/c1cccc(Cl)c1. The number of hydrogen-bond acceptors (Lipinski definition) is 2. The van der Waals surface area contributed by atoms with Gasteiger partial charge in [-0.05, 0) is 17.7 Å². The number of nitrogens with zero attached hydrogens (tertiary/aromatic N) is 1. The lowest BCUT2D eigenvalue weighted by molar-refractivity contribution is 0.322. The molecule has 10 heavy (non-hydrogen) atoms. The van der Waals surface area contributed by atoms with Gasteiger partial charge < -0.3 is 5.21 Å². The molecule has 52 valence electrons. The van der Waals surface area contributed by atoms with Gasteiger partial charge in [0.25, 0.3) is 0 Å². The van der Waals surface area contributed by atoms with Crippen LogP contribution in [0.15, 0.2) is 29.4 Å². The molecule has 0 amide bonds. The first-order chi connectivity index (χ1) is 4.83. The maximum atomic E-state index is 8.14. The van der Waals surface area contributed by atoms with Gasteiger partial charge in [0.15, 0.2) is 0 Å². The predicted octanol–water partition coefficient (Wildman–Crippen LogP) is 2.15. The molecule has 2 nitrogen and oxygen atoms in total. The van der Waals surface area contributed by atoms with E-state index in [2.05, 4.69) is 5.16 Å². The van der Waals surface area contributed by atoms with Crippen molar-refractivity contribution in [3.05, 3.63) is 34.9 Å². The van der Waals surface area contributed by atoms with Gasteiger partial charge in [-0.25, -0.2) is 0 Å². The van der Waals surface area contributed by atoms with Gasteiger partial charge in [0, 0.05) is 5.02 Å². The molecular formula is C7H6ClNO. The van der Waals surface area contributed by atoms with Crippen LogP contribution in [0, 0.1) is 0 Å². The van der Waals surface area contributed by atoms with Gasteiger partial charge in [0.2, 0.25) is 0 Å². The fraction of sp³-hybridized carbons (Fsp3) is 0. The van der Waals surface area contributed by atoms with Gasteiger partial charge in [-0.1, -0.05) is 28.9 Å². The van der Waals surface area contributed by atoms with Crippen LogP contribution in [0.5, 0.6) is 0 Å². The van der Waals surface area contributed by atoms with Crippen molar-refractivity contribution in [1.29, 1.82) is 0 Å². The molecule has 0 unspecified atom stereocenters. The Morgan fingerprint density at radius 3 is 2.90 bits per heavy atom. The number of benzene rings is 1. The minimum Gasteiger partial charge on any atom is -0.411 e. The first-order valence-corrected chi connectivity index (χ1v) is 3.14. The molecule has 0 atom stereocenters. The first kappa shape index (κ1) is 7.09. The molecule has 0 aromatic heterocycles. The average Bonchev–Trinajstić information content (AvgIpc) is 1.88. The van der Waals surface area contributed by atoms with E-state index in [1.165, 1.54) is 6.21 Å². The van der Waals surface area contributed by atoms with Crippen LogP contribution < -0.4 is 0 Å². The molecule has 0 fully saturated rings. The van der Waals surface area contributed by atoms with Crippen molar-refractivity contribution < 1.29 is 5.21 Å². The number of oxime groups is 1. The van der Waals surface area contributed by atoms with E-state index in [9.17, 15) is 0 Å². The Kier molecular flexibility index (Phi) is 2.29. The molecule has 1 aromatic rings. The van der Waals surface area contributed by atoms with Gasteiger partial charge in [0.05, 0.1) is 6.21 Å². The zero-order valence-corrected chi connectivity index (χ0v) is 5.92. The molecule has 0 aliphatic heterocycles. The van der Waals surface area contributed by atoms with Gasteiger partial charge in [-0.2, -0.15) is 0 Å². The molecule has 0 spiro atoms. The molecule has 0 aliphatic carbocycles. The van der Waals surface area contributed by atoms with Crippen LogP contribution in [0.25, 0.3) is 0 Å². The van der Waals surface area contributed by atoms with E-state index in [1.54, 1.807) is 24.3 Å². The third-order valence-corrected chi connectivity index (χ3v) is 1.29. The second kappa shape index (κ2) is 3.22. The lowest BCUT2D eigenvalue weighted by Gasteiger charge is -1.90. The maximum Gasteiger partial charge on any atom is 0.0734 e. The molecule has 0 bridgehead atoms. The minimum atomic E-state index is 0.636. The van der Waals surface area contributed by atoms with Gasteiger partial charge in [0.1, 0.15) is 0 Å². The van der Waals surface area contributed by atoms with Gasteiger partial charge in [-0.3, -0.25) is 0 Å². The quantitative estimate of drug-likeness (QED) is 0.376. The van der Waals surface area contributed by atoms with Crippen LogP contribution in [0.2, 0.25) is 5.02 Å². The summed E-state index contributed by atoms with van der Waals surface area (Å²) in [6, 6.07) is 7.06. The van der Waals surface area contributed by atoms with Crippen molar-refractivity contribution in [2.45, 2.75) is 0 Å². The number of hydrogen-bond donors (Lipinski definition) is 1. The van der Waals surface area contributed by atoms with E-state index < -0.39 is 0 Å². The van der Waals surface area contributed by atoms with E-state index in [-0.39, 0.29) is 0 Å². The number of halogens is 1. The van der Waals surface area contributed by atoms with E-state index in [4.69, 9.17) is 16.8 Å². The Labute approximate surface area is 63.7 Å². The topological polar surface area (TPSA) is 32.6 Å². The molecule has 3 heteroatoms. The van der Waals surface area contributed by atoms with Crippen molar-refractivity contribution >= 4 is 17.8 Å². The third-order valence-electron chi connectivity index (χ3n) is 1.06. The van der Waals surface area contributed by atoms with E-state index in [0.29, 0.717) is 5.02 Å². The summed E-state index contributed by atoms with van der Waals surface area (Å²) in [5.74, 6) is 0. The second-order valence-corrected chi connectivity index (χ2v) is 2.24. The highest BCUT2D eigenvalue weighted by Gasteiger charge is 1.87. The van der Waals surface area contributed by atoms with Crippen LogP contribution in [0.4, 0.5) is 0 Å². The summed E-state index contributed by atoms with van der Waals surface area (Å²) in [4.78, 5) is 0. The van der Waals surface area contributed by atoms with Crippen LogP contribution >= 0.6 is 11.6 Å². The second-order valence-electron chi connectivity index (χ2n) is 1.80. The Balaban J connectivity index is 2.95. The zero-order chi connectivity index (χ0) is 7.40. The van der Waals surface area contributed by atoms with Gasteiger partial charge in [-0.15, -0.1) is 0 Å². The van der Waals surface area contributed by atoms with E-state index in [0.717, 1.165) is 5.56 Å². The van der Waals surface area contributed by atoms with Crippen LogP contribution in [0.3, 0.4) is 0 Å². The molecule has 1 aromatic carbocycles. The molecule has 0 saturated heterocycles. The summed E-state index contributed by atoms with van der Waals surface area (Å²) in [5.41, 5.74) is 0.787. The zero-order valence-electron chi connectivity index (χ0n) is 5.16. The molecule has 0 aliphatic rings. The maximum absolute atomic E-state index is 8.14. The molecule has 0 radical (unpaired) electrons. The number of rotatable bonds is 1. The summed E-state index contributed by atoms with van der Waals surface area (Å²) in [6.45, 7) is 0. The monoisotopic (exact) mass is 155 g/mol. The summed E-state index contributed by atoms with van der Waals surface area (Å²) in [5, 5.41) is 11.6. The molecule has 1 rings (SSSR count). The molecule has 0 heterocycles. The Morgan fingerprint density at radius 2 is 2.30 bits per heavy atom. The smallest absolute Gasteiger partial charge is 0.0734 e. The largest absolute Gasteiger partial charge is 0.411 e. The highest BCUT2D eigenvalue weighted by Crippen LogP contribution is 2.08. The average molecular weight is 156 g/mol. The Bertz CT molecular complexity index is 247. The van der Waals surface area contributed by atoms with E-state index >= 15 is 0 Å². The van der Waals surface area contributed by atoms with Crippen molar-refractivity contribution in [1.82, 2.24) is 0 Å². The van der Waals surface area contributed by atoms with Crippen molar-refractivity contribution in [3.8, 4) is 0 Å². The summed E-state index contributed by atoms with van der Waals surface area (Å²) in [7, 11) is 0.